The molecule has 1 aliphatic heterocycles. The van der Waals surface area contributed by atoms with Crippen LogP contribution in [-0.2, 0) is 6.54 Å². The van der Waals surface area contributed by atoms with E-state index >= 15 is 0 Å². The second kappa shape index (κ2) is 6.80. The molecule has 0 bridgehead atoms. The first-order valence-corrected chi connectivity index (χ1v) is 9.17. The van der Waals surface area contributed by atoms with Crippen LogP contribution in [0.3, 0.4) is 0 Å². The number of hydrogen-bond acceptors (Lipinski definition) is 7. The van der Waals surface area contributed by atoms with Crippen LogP contribution in [0.1, 0.15) is 59.4 Å². The molecule has 128 valence electrons. The minimum atomic E-state index is -0.218. The van der Waals surface area contributed by atoms with Crippen molar-refractivity contribution in [2.24, 2.45) is 0 Å². The molecule has 0 spiro atoms. The first kappa shape index (κ1) is 15.4. The van der Waals surface area contributed by atoms with Crippen LogP contribution in [0.15, 0.2) is 9.90 Å². The number of nitrogens with zero attached hydrogens (tertiary/aromatic N) is 2. The zero-order chi connectivity index (χ0) is 16.4. The van der Waals surface area contributed by atoms with Gasteiger partial charge >= 0.3 is 0 Å². The number of nitrogens with one attached hydrogen (secondary N) is 1. The van der Waals surface area contributed by atoms with Crippen molar-refractivity contribution < 1.29 is 18.8 Å². The average Bonchev–Trinajstić information content (AvgIpc) is 3.27. The highest BCUT2D eigenvalue weighted by molar-refractivity contribution is 7.12. The molecule has 24 heavy (non-hydrogen) atoms. The van der Waals surface area contributed by atoms with Crippen molar-refractivity contribution in [3.8, 4) is 11.5 Å². The number of ether oxygens (including phenoxy) is 2. The molecule has 1 aliphatic carbocycles. The van der Waals surface area contributed by atoms with Crippen molar-refractivity contribution in [2.45, 2.75) is 44.6 Å². The molecule has 0 radical (unpaired) electrons. The molecule has 8 heteroatoms. The molecular weight excluding hydrogens is 330 g/mol. The van der Waals surface area contributed by atoms with Gasteiger partial charge in [-0.1, -0.05) is 24.4 Å². The maximum Gasteiger partial charge on any atom is 0.265 e. The number of hydrogen-bond donors (Lipinski definition) is 1. The van der Waals surface area contributed by atoms with Crippen LogP contribution in [-0.4, -0.2) is 29.3 Å². The van der Waals surface area contributed by atoms with Gasteiger partial charge in [-0.15, -0.1) is 11.3 Å². The van der Waals surface area contributed by atoms with Crippen LogP contribution < -0.4 is 14.8 Å². The quantitative estimate of drug-likeness (QED) is 0.913. The zero-order valence-corrected chi connectivity index (χ0v) is 14.1. The molecule has 2 aliphatic rings. The van der Waals surface area contributed by atoms with Gasteiger partial charge in [0.25, 0.3) is 5.91 Å². The van der Waals surface area contributed by atoms with E-state index in [-0.39, 0.29) is 12.5 Å². The standard InChI is InChI=1S/C16H19N3O4S/c20-16(14-13-11(9-24-14)21-6-7-22-13)17-8-12-18-15(19-23-12)10-4-2-1-3-5-10/h9-10H,1-8H2,(H,17,20). The van der Waals surface area contributed by atoms with Crippen LogP contribution >= 0.6 is 11.3 Å². The highest BCUT2D eigenvalue weighted by Gasteiger charge is 2.24. The molecule has 0 atom stereocenters. The number of carbonyl (C=O) groups is 1. The first-order chi connectivity index (χ1) is 11.8. The molecule has 0 unspecified atom stereocenters. The summed E-state index contributed by atoms with van der Waals surface area (Å²) in [6.07, 6.45) is 5.95. The average molecular weight is 349 g/mol. The van der Waals surface area contributed by atoms with E-state index in [1.165, 1.54) is 30.6 Å². The molecule has 7 nitrogen and oxygen atoms in total. The molecule has 0 aromatic carbocycles. The summed E-state index contributed by atoms with van der Waals surface area (Å²) >= 11 is 1.31. The number of thiophene rings is 1. The third-order valence-corrected chi connectivity index (χ3v) is 5.30. The summed E-state index contributed by atoms with van der Waals surface area (Å²) in [5.74, 6) is 2.53. The first-order valence-electron chi connectivity index (χ1n) is 8.29. The van der Waals surface area contributed by atoms with Gasteiger partial charge < -0.3 is 19.3 Å². The Morgan fingerprint density at radius 3 is 2.96 bits per heavy atom. The fraction of sp³-hybridized carbons (Fsp3) is 0.562. The highest BCUT2D eigenvalue weighted by Crippen LogP contribution is 2.39. The number of aromatic nitrogens is 2. The van der Waals surface area contributed by atoms with Gasteiger partial charge in [-0.3, -0.25) is 4.79 Å². The summed E-state index contributed by atoms with van der Waals surface area (Å²) in [6, 6.07) is 0. The van der Waals surface area contributed by atoms with E-state index in [0.29, 0.717) is 41.4 Å². The minimum Gasteiger partial charge on any atom is -0.485 e. The lowest BCUT2D eigenvalue weighted by Crippen LogP contribution is -2.24. The van der Waals surface area contributed by atoms with Crippen molar-refractivity contribution in [1.82, 2.24) is 15.5 Å². The fourth-order valence-electron chi connectivity index (χ4n) is 3.12. The lowest BCUT2D eigenvalue weighted by Gasteiger charge is -2.17. The molecule has 1 fully saturated rings. The summed E-state index contributed by atoms with van der Waals surface area (Å²) in [5, 5.41) is 8.67. The van der Waals surface area contributed by atoms with Gasteiger partial charge in [0.2, 0.25) is 5.89 Å². The Kier molecular flexibility index (Phi) is 4.38. The van der Waals surface area contributed by atoms with Gasteiger partial charge in [0.1, 0.15) is 18.1 Å². The summed E-state index contributed by atoms with van der Waals surface area (Å²) in [6.45, 7) is 1.18. The van der Waals surface area contributed by atoms with E-state index in [1.54, 1.807) is 5.38 Å². The van der Waals surface area contributed by atoms with Crippen molar-refractivity contribution >= 4 is 17.2 Å². The molecule has 2 aromatic rings. The summed E-state index contributed by atoms with van der Waals surface area (Å²) in [7, 11) is 0. The molecule has 1 saturated carbocycles. The number of rotatable bonds is 4. The van der Waals surface area contributed by atoms with Crippen molar-refractivity contribution in [1.29, 1.82) is 0 Å². The Hall–Kier alpha value is -2.09. The lowest BCUT2D eigenvalue weighted by molar-refractivity contribution is 0.0941. The van der Waals surface area contributed by atoms with E-state index in [2.05, 4.69) is 15.5 Å². The highest BCUT2D eigenvalue weighted by atomic mass is 32.1. The molecule has 2 aromatic heterocycles. The Labute approximate surface area is 143 Å². The third kappa shape index (κ3) is 3.10. The maximum absolute atomic E-state index is 12.3. The molecule has 1 amide bonds. The molecule has 3 heterocycles. The molecule has 0 saturated heterocycles. The fourth-order valence-corrected chi connectivity index (χ4v) is 3.97. The van der Waals surface area contributed by atoms with Crippen molar-refractivity contribution in [3.05, 3.63) is 22.0 Å². The van der Waals surface area contributed by atoms with Gasteiger partial charge in [-0.25, -0.2) is 0 Å². The van der Waals surface area contributed by atoms with E-state index in [0.717, 1.165) is 18.7 Å². The van der Waals surface area contributed by atoms with Gasteiger partial charge in [0.15, 0.2) is 17.3 Å². The Morgan fingerprint density at radius 2 is 2.08 bits per heavy atom. The van der Waals surface area contributed by atoms with Gasteiger partial charge in [0.05, 0.1) is 6.54 Å². The van der Waals surface area contributed by atoms with Crippen molar-refractivity contribution in [3.63, 3.8) is 0 Å². The van der Waals surface area contributed by atoms with Crippen LogP contribution in [0.2, 0.25) is 0 Å². The van der Waals surface area contributed by atoms with E-state index < -0.39 is 0 Å². The Morgan fingerprint density at radius 1 is 1.25 bits per heavy atom. The smallest absolute Gasteiger partial charge is 0.265 e. The third-order valence-electron chi connectivity index (χ3n) is 4.36. The predicted octanol–water partition coefficient (Wildman–Crippen LogP) is 2.88. The van der Waals surface area contributed by atoms with Crippen LogP contribution in [0, 0.1) is 0 Å². The van der Waals surface area contributed by atoms with Crippen LogP contribution in [0.4, 0.5) is 0 Å². The maximum atomic E-state index is 12.3. The van der Waals surface area contributed by atoms with E-state index in [9.17, 15) is 4.79 Å². The summed E-state index contributed by atoms with van der Waals surface area (Å²) in [4.78, 5) is 17.3. The molecular formula is C16H19N3O4S. The summed E-state index contributed by atoms with van der Waals surface area (Å²) in [5.41, 5.74) is 0. The Bertz CT molecular complexity index is 721. The normalized spacial score (nSPS) is 17.7. The van der Waals surface area contributed by atoms with Gasteiger partial charge in [0, 0.05) is 11.3 Å². The Balaban J connectivity index is 1.37. The second-order valence-electron chi connectivity index (χ2n) is 6.02. The largest absolute Gasteiger partial charge is 0.485 e. The van der Waals surface area contributed by atoms with Gasteiger partial charge in [-0.2, -0.15) is 4.98 Å². The van der Waals surface area contributed by atoms with E-state index in [1.807, 2.05) is 0 Å². The monoisotopic (exact) mass is 349 g/mol. The van der Waals surface area contributed by atoms with Crippen LogP contribution in [0.5, 0.6) is 11.5 Å². The van der Waals surface area contributed by atoms with Crippen LogP contribution in [0.25, 0.3) is 0 Å². The number of fused-ring (bicyclic) bond motifs is 1. The van der Waals surface area contributed by atoms with Crippen molar-refractivity contribution in [2.75, 3.05) is 13.2 Å². The lowest BCUT2D eigenvalue weighted by atomic mass is 9.89. The number of amides is 1. The second-order valence-corrected chi connectivity index (χ2v) is 6.90. The number of carbonyl (C=O) groups excluding carboxylic acids is 1. The predicted molar refractivity (Wildman–Crippen MR) is 86.6 cm³/mol. The van der Waals surface area contributed by atoms with E-state index in [4.69, 9.17) is 14.0 Å². The SMILES string of the molecule is O=C(NCc1nc(C2CCCCC2)no1)c1scc2c1OCCO2. The topological polar surface area (TPSA) is 86.5 Å². The minimum absolute atomic E-state index is 0.214. The van der Waals surface area contributed by atoms with Gasteiger partial charge in [-0.05, 0) is 12.8 Å². The summed E-state index contributed by atoms with van der Waals surface area (Å²) < 4.78 is 16.2. The zero-order valence-electron chi connectivity index (χ0n) is 13.2. The molecule has 4 rings (SSSR count). The molecule has 1 N–H and O–H groups in total.